The van der Waals surface area contributed by atoms with Crippen LogP contribution in [0.3, 0.4) is 0 Å². The van der Waals surface area contributed by atoms with E-state index in [1.54, 1.807) is 0 Å². The zero-order valence-electron chi connectivity index (χ0n) is 14.3. The molecule has 0 radical (unpaired) electrons. The summed E-state index contributed by atoms with van der Waals surface area (Å²) >= 11 is 0. The van der Waals surface area contributed by atoms with Gasteiger partial charge in [0.15, 0.2) is 0 Å². The van der Waals surface area contributed by atoms with Crippen molar-refractivity contribution in [2.24, 2.45) is 0 Å². The Hall–Kier alpha value is -3.15. The maximum absolute atomic E-state index is 11.3. The molecule has 0 heterocycles. The van der Waals surface area contributed by atoms with Crippen LogP contribution in [0.5, 0.6) is 11.5 Å². The summed E-state index contributed by atoms with van der Waals surface area (Å²) in [5.41, 5.74) is 0.0381. The summed E-state index contributed by atoms with van der Waals surface area (Å²) in [5.74, 6) is -3.05. The van der Waals surface area contributed by atoms with Gasteiger partial charge in [0.25, 0.3) is 10.1 Å². The van der Waals surface area contributed by atoms with Crippen molar-refractivity contribution in [1.29, 1.82) is 0 Å². The SMILES string of the molecule is O=C(O)CN(Cc1cc(C(=O)O)ccc1O)Cc1cc(S(=O)(=O)O)ccc1O. The van der Waals surface area contributed by atoms with Gasteiger partial charge in [-0.3, -0.25) is 14.2 Å². The predicted octanol–water partition coefficient (Wildman–Crippen LogP) is 1.13. The van der Waals surface area contributed by atoms with Crippen LogP contribution in [0, 0.1) is 0 Å². The lowest BCUT2D eigenvalue weighted by atomic mass is 10.1. The minimum absolute atomic E-state index is 0.0188. The molecule has 10 nitrogen and oxygen atoms in total. The molecule has 2 aromatic rings. The van der Waals surface area contributed by atoms with Crippen molar-refractivity contribution in [1.82, 2.24) is 4.90 Å². The normalized spacial score (nSPS) is 11.5. The van der Waals surface area contributed by atoms with Gasteiger partial charge in [0.05, 0.1) is 17.0 Å². The smallest absolute Gasteiger partial charge is 0.335 e. The molecule has 5 N–H and O–H groups in total. The quantitative estimate of drug-likeness (QED) is 0.396. The van der Waals surface area contributed by atoms with Crippen LogP contribution in [0.2, 0.25) is 0 Å². The third-order valence-corrected chi connectivity index (χ3v) is 4.67. The third kappa shape index (κ3) is 5.42. The summed E-state index contributed by atoms with van der Waals surface area (Å²) in [5, 5.41) is 38.0. The minimum atomic E-state index is -4.53. The van der Waals surface area contributed by atoms with E-state index in [2.05, 4.69) is 0 Å². The molecule has 0 saturated carbocycles. The summed E-state index contributed by atoms with van der Waals surface area (Å²) in [7, 11) is -4.53. The van der Waals surface area contributed by atoms with Crippen LogP contribution in [-0.2, 0) is 28.0 Å². The number of aromatic carboxylic acids is 1. The van der Waals surface area contributed by atoms with Crippen LogP contribution in [0.4, 0.5) is 0 Å². The highest BCUT2D eigenvalue weighted by Crippen LogP contribution is 2.25. The van der Waals surface area contributed by atoms with Crippen molar-refractivity contribution >= 4 is 22.1 Å². The van der Waals surface area contributed by atoms with E-state index in [0.717, 1.165) is 24.3 Å². The second-order valence-electron chi connectivity index (χ2n) is 5.95. The second-order valence-corrected chi connectivity index (χ2v) is 7.37. The van der Waals surface area contributed by atoms with Crippen LogP contribution >= 0.6 is 0 Å². The lowest BCUT2D eigenvalue weighted by Gasteiger charge is -2.22. The highest BCUT2D eigenvalue weighted by Gasteiger charge is 2.18. The van der Waals surface area contributed by atoms with Gasteiger partial charge in [0.2, 0.25) is 0 Å². The Kier molecular flexibility index (Phi) is 6.23. The maximum Gasteiger partial charge on any atom is 0.335 e. The van der Waals surface area contributed by atoms with Crippen molar-refractivity contribution < 1.29 is 43.0 Å². The molecular weight excluding hydrogens is 394 g/mol. The molecule has 2 aromatic carbocycles. The maximum atomic E-state index is 11.3. The average Bonchev–Trinajstić information content (AvgIpc) is 2.57. The lowest BCUT2D eigenvalue weighted by molar-refractivity contribution is -0.138. The molecule has 0 fully saturated rings. The highest BCUT2D eigenvalue weighted by molar-refractivity contribution is 7.85. The van der Waals surface area contributed by atoms with Crippen molar-refractivity contribution in [2.45, 2.75) is 18.0 Å². The first kappa shape index (κ1) is 21.2. The third-order valence-electron chi connectivity index (χ3n) is 3.82. The van der Waals surface area contributed by atoms with Gasteiger partial charge in [-0.25, -0.2) is 4.79 Å². The van der Waals surface area contributed by atoms with Gasteiger partial charge in [0, 0.05) is 24.2 Å². The zero-order chi connectivity index (χ0) is 21.1. The van der Waals surface area contributed by atoms with Gasteiger partial charge in [0.1, 0.15) is 11.5 Å². The van der Waals surface area contributed by atoms with E-state index >= 15 is 0 Å². The standard InChI is InChI=1S/C17H17NO9S/c19-14-3-1-10(17(23)24)5-11(14)7-18(9-16(21)22)8-12-6-13(28(25,26)27)2-4-15(12)20/h1-6,19-20H,7-9H2,(H,21,22)(H,23,24)(H,25,26,27). The molecule has 150 valence electrons. The Balaban J connectivity index is 2.37. The van der Waals surface area contributed by atoms with E-state index in [9.17, 15) is 28.2 Å². The fourth-order valence-electron chi connectivity index (χ4n) is 2.53. The van der Waals surface area contributed by atoms with Crippen molar-refractivity contribution in [3.63, 3.8) is 0 Å². The summed E-state index contributed by atoms with van der Waals surface area (Å²) in [6.07, 6.45) is 0. The number of hydrogen-bond acceptors (Lipinski definition) is 7. The Morgan fingerprint density at radius 1 is 0.893 bits per heavy atom. The van der Waals surface area contributed by atoms with Gasteiger partial charge in [-0.1, -0.05) is 0 Å². The molecule has 0 aliphatic rings. The summed E-state index contributed by atoms with van der Waals surface area (Å²) in [6.45, 7) is -1.00. The van der Waals surface area contributed by atoms with Gasteiger partial charge in [-0.15, -0.1) is 0 Å². The number of rotatable bonds is 8. The molecule has 0 bridgehead atoms. The Labute approximate surface area is 159 Å². The minimum Gasteiger partial charge on any atom is -0.508 e. The first-order valence-electron chi connectivity index (χ1n) is 7.76. The molecule has 0 aromatic heterocycles. The average molecular weight is 411 g/mol. The highest BCUT2D eigenvalue weighted by atomic mass is 32.2. The van der Waals surface area contributed by atoms with Crippen LogP contribution in [0.1, 0.15) is 21.5 Å². The first-order chi connectivity index (χ1) is 13.0. The predicted molar refractivity (Wildman–Crippen MR) is 94.7 cm³/mol. The largest absolute Gasteiger partial charge is 0.508 e. The monoisotopic (exact) mass is 411 g/mol. The van der Waals surface area contributed by atoms with Crippen molar-refractivity contribution in [3.05, 3.63) is 53.1 Å². The number of carbonyl (C=O) groups is 2. The van der Waals surface area contributed by atoms with Gasteiger partial charge >= 0.3 is 11.9 Å². The molecule has 0 aliphatic carbocycles. The number of carboxylic acids is 2. The van der Waals surface area contributed by atoms with Crippen LogP contribution in [0.15, 0.2) is 41.3 Å². The molecular formula is C17H17NO9S. The number of carboxylic acid groups (broad SMARTS) is 2. The Bertz CT molecular complexity index is 1020. The molecule has 28 heavy (non-hydrogen) atoms. The zero-order valence-corrected chi connectivity index (χ0v) is 15.1. The van der Waals surface area contributed by atoms with Gasteiger partial charge in [-0.2, -0.15) is 8.42 Å². The Morgan fingerprint density at radius 2 is 1.43 bits per heavy atom. The summed E-state index contributed by atoms with van der Waals surface area (Å²) < 4.78 is 31.7. The van der Waals surface area contributed by atoms with E-state index in [4.69, 9.17) is 14.8 Å². The number of nitrogens with zero attached hydrogens (tertiary/aromatic N) is 1. The number of hydrogen-bond donors (Lipinski definition) is 5. The van der Waals surface area contributed by atoms with Gasteiger partial charge in [-0.05, 0) is 36.4 Å². The number of aliphatic carboxylic acids is 1. The lowest BCUT2D eigenvalue weighted by Crippen LogP contribution is -2.29. The first-order valence-corrected chi connectivity index (χ1v) is 9.20. The molecule has 2 rings (SSSR count). The number of aromatic hydroxyl groups is 2. The molecule has 0 amide bonds. The van der Waals surface area contributed by atoms with Crippen LogP contribution in [-0.4, -0.2) is 56.8 Å². The Morgan fingerprint density at radius 3 is 1.93 bits per heavy atom. The van der Waals surface area contributed by atoms with E-state index in [-0.39, 0.29) is 41.3 Å². The van der Waals surface area contributed by atoms with Crippen LogP contribution in [0.25, 0.3) is 0 Å². The van der Waals surface area contributed by atoms with Crippen molar-refractivity contribution in [2.75, 3.05) is 6.54 Å². The van der Waals surface area contributed by atoms with E-state index in [0.29, 0.717) is 0 Å². The number of phenolic OH excluding ortho intramolecular Hbond substituents is 2. The fourth-order valence-corrected chi connectivity index (χ4v) is 3.07. The molecule has 0 saturated heterocycles. The topological polar surface area (TPSA) is 173 Å². The number of phenols is 2. The molecule has 0 aliphatic heterocycles. The summed E-state index contributed by atoms with van der Waals surface area (Å²) in [4.78, 5) is 23.0. The number of benzene rings is 2. The molecule has 0 atom stereocenters. The molecule has 0 unspecified atom stereocenters. The second kappa shape index (κ2) is 8.25. The van der Waals surface area contributed by atoms with Crippen molar-refractivity contribution in [3.8, 4) is 11.5 Å². The molecule has 11 heteroatoms. The van der Waals surface area contributed by atoms with Crippen LogP contribution < -0.4 is 0 Å². The fraction of sp³-hybridized carbons (Fsp3) is 0.176. The van der Waals surface area contributed by atoms with E-state index in [1.165, 1.54) is 17.0 Å². The van der Waals surface area contributed by atoms with E-state index < -0.39 is 33.5 Å². The van der Waals surface area contributed by atoms with Gasteiger partial charge < -0.3 is 20.4 Å². The summed E-state index contributed by atoms with van der Waals surface area (Å²) in [6, 6.07) is 6.55. The van der Waals surface area contributed by atoms with E-state index in [1.807, 2.05) is 0 Å². The molecule has 0 spiro atoms.